The third-order valence-electron chi connectivity index (χ3n) is 5.75. The van der Waals surface area contributed by atoms with Crippen LogP contribution in [-0.2, 0) is 0 Å². The Balaban J connectivity index is 1.44. The summed E-state index contributed by atoms with van der Waals surface area (Å²) in [7, 11) is 0. The molecule has 2 N–H and O–H groups in total. The van der Waals surface area contributed by atoms with Crippen LogP contribution in [-0.4, -0.2) is 26.2 Å². The van der Waals surface area contributed by atoms with E-state index in [4.69, 9.17) is 0 Å². The van der Waals surface area contributed by atoms with Gasteiger partial charge in [0.15, 0.2) is 0 Å². The molecule has 0 atom stereocenters. The monoisotopic (exact) mass is 250 g/mol. The highest BCUT2D eigenvalue weighted by Gasteiger charge is 2.41. The van der Waals surface area contributed by atoms with Gasteiger partial charge in [0.05, 0.1) is 0 Å². The fourth-order valence-electron chi connectivity index (χ4n) is 3.88. The van der Waals surface area contributed by atoms with Crippen LogP contribution in [0, 0.1) is 23.2 Å². The summed E-state index contributed by atoms with van der Waals surface area (Å²) in [6.07, 6.45) is 10.2. The maximum Gasteiger partial charge on any atom is 0.000878 e. The van der Waals surface area contributed by atoms with Crippen molar-refractivity contribution in [1.29, 1.82) is 0 Å². The minimum absolute atomic E-state index is 0.600. The lowest BCUT2D eigenvalue weighted by Gasteiger charge is -2.37. The summed E-state index contributed by atoms with van der Waals surface area (Å²) < 4.78 is 0. The standard InChI is InChI=1S/C16H30N2/c1-2-16(7-9-17-10-8-16)12-18-11-15(13-3-4-13)14-5-6-14/h13-15,17-18H,2-12H2,1H3. The van der Waals surface area contributed by atoms with Gasteiger partial charge in [-0.15, -0.1) is 0 Å². The Morgan fingerprint density at radius 1 is 1.11 bits per heavy atom. The first kappa shape index (κ1) is 12.9. The second-order valence-corrected chi connectivity index (χ2v) is 7.07. The fraction of sp³-hybridized carbons (Fsp3) is 1.00. The van der Waals surface area contributed by atoms with Gasteiger partial charge >= 0.3 is 0 Å². The first-order valence-corrected chi connectivity index (χ1v) is 8.24. The third kappa shape index (κ3) is 3.08. The summed E-state index contributed by atoms with van der Waals surface area (Å²) in [6, 6.07) is 0. The van der Waals surface area contributed by atoms with Gasteiger partial charge in [-0.3, -0.25) is 0 Å². The molecule has 1 aliphatic heterocycles. The zero-order valence-electron chi connectivity index (χ0n) is 12.0. The molecule has 0 unspecified atom stereocenters. The minimum atomic E-state index is 0.600. The highest BCUT2D eigenvalue weighted by Crippen LogP contribution is 2.48. The summed E-state index contributed by atoms with van der Waals surface area (Å²) in [6.45, 7) is 7.41. The molecule has 104 valence electrons. The molecule has 0 bridgehead atoms. The second-order valence-electron chi connectivity index (χ2n) is 7.07. The smallest absolute Gasteiger partial charge is 0.000878 e. The molecule has 1 heterocycles. The van der Waals surface area contributed by atoms with E-state index in [9.17, 15) is 0 Å². The molecule has 1 saturated heterocycles. The van der Waals surface area contributed by atoms with Crippen LogP contribution < -0.4 is 10.6 Å². The van der Waals surface area contributed by atoms with Gasteiger partial charge in [0.2, 0.25) is 0 Å². The van der Waals surface area contributed by atoms with E-state index in [-0.39, 0.29) is 0 Å². The molecule has 0 aromatic rings. The molecule has 2 aliphatic carbocycles. The second kappa shape index (κ2) is 5.50. The number of hydrogen-bond donors (Lipinski definition) is 2. The average molecular weight is 250 g/mol. The van der Waals surface area contributed by atoms with Crippen LogP contribution in [0.3, 0.4) is 0 Å². The van der Waals surface area contributed by atoms with Crippen LogP contribution >= 0.6 is 0 Å². The van der Waals surface area contributed by atoms with Gasteiger partial charge in [0, 0.05) is 6.54 Å². The minimum Gasteiger partial charge on any atom is -0.317 e. The molecule has 2 heteroatoms. The van der Waals surface area contributed by atoms with E-state index in [2.05, 4.69) is 17.6 Å². The van der Waals surface area contributed by atoms with Crippen molar-refractivity contribution in [3.63, 3.8) is 0 Å². The third-order valence-corrected chi connectivity index (χ3v) is 5.75. The van der Waals surface area contributed by atoms with Crippen LogP contribution in [0.2, 0.25) is 0 Å². The lowest BCUT2D eigenvalue weighted by atomic mass is 9.76. The van der Waals surface area contributed by atoms with Crippen LogP contribution in [0.15, 0.2) is 0 Å². The Morgan fingerprint density at radius 3 is 2.22 bits per heavy atom. The predicted molar refractivity (Wildman–Crippen MR) is 76.6 cm³/mol. The van der Waals surface area contributed by atoms with Crippen LogP contribution in [0.25, 0.3) is 0 Å². The largest absolute Gasteiger partial charge is 0.317 e. The van der Waals surface area contributed by atoms with E-state index in [1.54, 1.807) is 0 Å². The number of nitrogens with one attached hydrogen (secondary N) is 2. The predicted octanol–water partition coefficient (Wildman–Crippen LogP) is 2.79. The van der Waals surface area contributed by atoms with Crippen molar-refractivity contribution < 1.29 is 0 Å². The average Bonchev–Trinajstić information content (AvgIpc) is 3.29. The van der Waals surface area contributed by atoms with E-state index in [1.165, 1.54) is 71.1 Å². The molecule has 3 fully saturated rings. The fourth-order valence-corrected chi connectivity index (χ4v) is 3.88. The lowest BCUT2D eigenvalue weighted by molar-refractivity contribution is 0.180. The van der Waals surface area contributed by atoms with Gasteiger partial charge in [-0.25, -0.2) is 0 Å². The SMILES string of the molecule is CCC1(CNCC(C2CC2)C2CC2)CCNCC1. The van der Waals surface area contributed by atoms with Gasteiger partial charge in [0.25, 0.3) is 0 Å². The molecule has 0 radical (unpaired) electrons. The highest BCUT2D eigenvalue weighted by molar-refractivity contribution is 4.93. The molecular formula is C16H30N2. The van der Waals surface area contributed by atoms with Gasteiger partial charge in [-0.2, -0.15) is 0 Å². The van der Waals surface area contributed by atoms with Crippen LogP contribution in [0.1, 0.15) is 51.9 Å². The zero-order valence-corrected chi connectivity index (χ0v) is 12.0. The summed E-state index contributed by atoms with van der Waals surface area (Å²) in [5.41, 5.74) is 0.600. The molecule has 18 heavy (non-hydrogen) atoms. The first-order valence-electron chi connectivity index (χ1n) is 8.24. The summed E-state index contributed by atoms with van der Waals surface area (Å²) in [5, 5.41) is 7.36. The van der Waals surface area contributed by atoms with Crippen LogP contribution in [0.4, 0.5) is 0 Å². The van der Waals surface area contributed by atoms with E-state index in [0.29, 0.717) is 5.41 Å². The van der Waals surface area contributed by atoms with Crippen molar-refractivity contribution in [2.24, 2.45) is 23.2 Å². The zero-order chi connectivity index (χ0) is 12.4. The number of hydrogen-bond acceptors (Lipinski definition) is 2. The molecule has 0 amide bonds. The number of piperidine rings is 1. The Morgan fingerprint density at radius 2 is 1.72 bits per heavy atom. The topological polar surface area (TPSA) is 24.1 Å². The molecule has 2 nitrogen and oxygen atoms in total. The Bertz CT molecular complexity index is 250. The Kier molecular flexibility index (Phi) is 3.95. The van der Waals surface area contributed by atoms with Crippen molar-refractivity contribution in [3.8, 4) is 0 Å². The molecule has 0 aromatic heterocycles. The molecule has 2 saturated carbocycles. The molecule has 0 aromatic carbocycles. The van der Waals surface area contributed by atoms with Crippen molar-refractivity contribution >= 4 is 0 Å². The molecule has 0 spiro atoms. The quantitative estimate of drug-likeness (QED) is 0.726. The van der Waals surface area contributed by atoms with Crippen LogP contribution in [0.5, 0.6) is 0 Å². The van der Waals surface area contributed by atoms with Gasteiger partial charge in [-0.1, -0.05) is 6.92 Å². The van der Waals surface area contributed by atoms with Crippen molar-refractivity contribution in [3.05, 3.63) is 0 Å². The summed E-state index contributed by atoms with van der Waals surface area (Å²) >= 11 is 0. The Hall–Kier alpha value is -0.0800. The highest BCUT2D eigenvalue weighted by atomic mass is 14.9. The normalized spacial score (nSPS) is 27.7. The van der Waals surface area contributed by atoms with Crippen molar-refractivity contribution in [1.82, 2.24) is 10.6 Å². The summed E-state index contributed by atoms with van der Waals surface area (Å²) in [5.74, 6) is 3.21. The van der Waals surface area contributed by atoms with E-state index >= 15 is 0 Å². The van der Waals surface area contributed by atoms with Gasteiger partial charge < -0.3 is 10.6 Å². The molecule has 3 rings (SSSR count). The Labute approximate surface area is 112 Å². The number of rotatable bonds is 7. The first-order chi connectivity index (χ1) is 8.83. The molecular weight excluding hydrogens is 220 g/mol. The van der Waals surface area contributed by atoms with E-state index in [0.717, 1.165) is 17.8 Å². The van der Waals surface area contributed by atoms with E-state index < -0.39 is 0 Å². The van der Waals surface area contributed by atoms with E-state index in [1.807, 2.05) is 0 Å². The molecule has 3 aliphatic rings. The van der Waals surface area contributed by atoms with Gasteiger partial charge in [0.1, 0.15) is 0 Å². The maximum atomic E-state index is 3.86. The van der Waals surface area contributed by atoms with Crippen molar-refractivity contribution in [2.75, 3.05) is 26.2 Å². The summed E-state index contributed by atoms with van der Waals surface area (Å²) in [4.78, 5) is 0. The van der Waals surface area contributed by atoms with Crippen molar-refractivity contribution in [2.45, 2.75) is 51.9 Å². The van der Waals surface area contributed by atoms with Gasteiger partial charge in [-0.05, 0) is 87.7 Å². The maximum absolute atomic E-state index is 3.86. The lowest BCUT2D eigenvalue weighted by Crippen LogP contribution is -2.44.